The fraction of sp³-hybridized carbons (Fsp3) is 0.125. The monoisotopic (exact) mass is 268 g/mol. The molecule has 1 aromatic rings. The van der Waals surface area contributed by atoms with Crippen LogP contribution >= 0.6 is 24.9 Å². The molecule has 0 N–H and O–H groups in total. The standard InChI is InChI=1S/C8H6F2O4S2/c1-12-8(11)7-5(13-15-9)3-2-4-6(7)14-16-10/h2-4H,1H3. The van der Waals surface area contributed by atoms with E-state index in [2.05, 4.69) is 13.1 Å². The van der Waals surface area contributed by atoms with Gasteiger partial charge >= 0.3 is 5.97 Å². The molecule has 0 amide bonds. The van der Waals surface area contributed by atoms with E-state index in [4.69, 9.17) is 0 Å². The van der Waals surface area contributed by atoms with Crippen LogP contribution in [-0.4, -0.2) is 13.1 Å². The Balaban J connectivity index is 3.17. The van der Waals surface area contributed by atoms with Gasteiger partial charge in [-0.3, -0.25) is 0 Å². The van der Waals surface area contributed by atoms with Crippen molar-refractivity contribution >= 4 is 30.8 Å². The van der Waals surface area contributed by atoms with Crippen molar-refractivity contribution in [1.82, 2.24) is 0 Å². The van der Waals surface area contributed by atoms with Gasteiger partial charge in [0, 0.05) is 0 Å². The summed E-state index contributed by atoms with van der Waals surface area (Å²) in [4.78, 5) is 11.4. The molecule has 0 saturated heterocycles. The largest absolute Gasteiger partial charge is 0.465 e. The zero-order valence-corrected chi connectivity index (χ0v) is 9.57. The number of hydrogen-bond donors (Lipinski definition) is 0. The van der Waals surface area contributed by atoms with Gasteiger partial charge in [0.2, 0.25) is 0 Å². The topological polar surface area (TPSA) is 44.8 Å². The van der Waals surface area contributed by atoms with Crippen molar-refractivity contribution in [3.63, 3.8) is 0 Å². The van der Waals surface area contributed by atoms with Gasteiger partial charge in [-0.25, -0.2) is 4.79 Å². The van der Waals surface area contributed by atoms with Crippen LogP contribution in [0.2, 0.25) is 0 Å². The van der Waals surface area contributed by atoms with E-state index in [9.17, 15) is 12.6 Å². The highest BCUT2D eigenvalue weighted by molar-refractivity contribution is 7.90. The molecule has 0 spiro atoms. The second kappa shape index (κ2) is 6.44. The first kappa shape index (κ1) is 12.9. The van der Waals surface area contributed by atoms with Crippen molar-refractivity contribution in [1.29, 1.82) is 0 Å². The van der Waals surface area contributed by atoms with Crippen LogP contribution in [0, 0.1) is 0 Å². The summed E-state index contributed by atoms with van der Waals surface area (Å²) < 4.78 is 37.3. The maximum atomic E-state index is 12.0. The van der Waals surface area contributed by atoms with Crippen molar-refractivity contribution in [2.75, 3.05) is 7.11 Å². The number of hydrogen-bond acceptors (Lipinski definition) is 6. The van der Waals surface area contributed by atoms with E-state index in [1.165, 1.54) is 18.2 Å². The van der Waals surface area contributed by atoms with Crippen molar-refractivity contribution in [3.8, 4) is 11.5 Å². The van der Waals surface area contributed by atoms with Crippen LogP contribution in [-0.2, 0) is 4.74 Å². The number of methoxy groups -OCH3 is 1. The van der Waals surface area contributed by atoms with Gasteiger partial charge in [-0.05, 0) is 12.1 Å². The minimum atomic E-state index is -0.811. The number of benzene rings is 1. The summed E-state index contributed by atoms with van der Waals surface area (Å²) in [7, 11) is 1.13. The fourth-order valence-corrected chi connectivity index (χ4v) is 1.43. The predicted octanol–water partition coefficient (Wildman–Crippen LogP) is 3.30. The summed E-state index contributed by atoms with van der Waals surface area (Å²) in [6.07, 6.45) is 0. The van der Waals surface area contributed by atoms with E-state index in [0.29, 0.717) is 0 Å². The molecule has 0 radical (unpaired) electrons. The molecule has 0 heterocycles. The van der Waals surface area contributed by atoms with Crippen LogP contribution < -0.4 is 8.37 Å². The lowest BCUT2D eigenvalue weighted by molar-refractivity contribution is 0.0597. The molecule has 0 saturated carbocycles. The van der Waals surface area contributed by atoms with E-state index in [0.717, 1.165) is 7.11 Å². The second-order valence-corrected chi connectivity index (χ2v) is 3.00. The number of halogens is 2. The van der Waals surface area contributed by atoms with Gasteiger partial charge in [0.15, 0.2) is 11.5 Å². The first-order valence-electron chi connectivity index (χ1n) is 3.86. The number of carbonyl (C=O) groups is 1. The molecule has 16 heavy (non-hydrogen) atoms. The SMILES string of the molecule is COC(=O)c1c(OSF)cccc1OSF. The summed E-state index contributed by atoms with van der Waals surface area (Å²) >= 11 is -0.881. The summed E-state index contributed by atoms with van der Waals surface area (Å²) in [5, 5.41) is 0. The average molecular weight is 268 g/mol. The van der Waals surface area contributed by atoms with E-state index >= 15 is 0 Å². The normalized spacial score (nSPS) is 9.69. The lowest BCUT2D eigenvalue weighted by Crippen LogP contribution is -2.05. The smallest absolute Gasteiger partial charge is 0.345 e. The van der Waals surface area contributed by atoms with Gasteiger partial charge in [-0.2, -0.15) is 0 Å². The molecule has 88 valence electrons. The molecule has 8 heteroatoms. The van der Waals surface area contributed by atoms with Gasteiger partial charge in [-0.1, -0.05) is 6.07 Å². The van der Waals surface area contributed by atoms with Crippen LogP contribution in [0.5, 0.6) is 11.5 Å². The molecule has 0 aliphatic carbocycles. The molecule has 0 bridgehead atoms. The third-order valence-corrected chi connectivity index (χ3v) is 2.11. The Labute approximate surface area is 99.2 Å². The highest BCUT2D eigenvalue weighted by Crippen LogP contribution is 2.33. The molecule has 1 aromatic carbocycles. The summed E-state index contributed by atoms with van der Waals surface area (Å²) in [6.45, 7) is 0. The van der Waals surface area contributed by atoms with E-state index in [1.807, 2.05) is 0 Å². The van der Waals surface area contributed by atoms with Crippen molar-refractivity contribution in [3.05, 3.63) is 23.8 Å². The molecular formula is C8H6F2O4S2. The predicted molar refractivity (Wildman–Crippen MR) is 56.4 cm³/mol. The van der Waals surface area contributed by atoms with Crippen LogP contribution in [0.15, 0.2) is 18.2 Å². The maximum Gasteiger partial charge on any atom is 0.345 e. The minimum Gasteiger partial charge on any atom is -0.465 e. The second-order valence-electron chi connectivity index (χ2n) is 2.41. The Hall–Kier alpha value is -1.15. The number of rotatable bonds is 5. The maximum absolute atomic E-state index is 12.0. The number of carbonyl (C=O) groups excluding carboxylic acids is 1. The Kier molecular flexibility index (Phi) is 5.20. The van der Waals surface area contributed by atoms with E-state index in [1.54, 1.807) is 0 Å². The summed E-state index contributed by atoms with van der Waals surface area (Å²) in [6, 6.07) is 4.08. The van der Waals surface area contributed by atoms with Gasteiger partial charge in [0.1, 0.15) is 5.56 Å². The first-order chi connectivity index (χ1) is 7.74. The first-order valence-corrected chi connectivity index (χ1v) is 5.14. The zero-order valence-electron chi connectivity index (χ0n) is 7.94. The van der Waals surface area contributed by atoms with Crippen molar-refractivity contribution < 1.29 is 25.7 Å². The van der Waals surface area contributed by atoms with Gasteiger partial charge in [-0.15, -0.1) is 7.77 Å². The van der Waals surface area contributed by atoms with Crippen molar-refractivity contribution in [2.24, 2.45) is 0 Å². The lowest BCUT2D eigenvalue weighted by atomic mass is 10.2. The molecule has 0 unspecified atom stereocenters. The van der Waals surface area contributed by atoms with Crippen LogP contribution in [0.1, 0.15) is 10.4 Å². The van der Waals surface area contributed by atoms with Gasteiger partial charge in [0.05, 0.1) is 7.11 Å². The average Bonchev–Trinajstić information content (AvgIpc) is 2.29. The quantitative estimate of drug-likeness (QED) is 0.603. The summed E-state index contributed by atoms with van der Waals surface area (Å²) in [5.41, 5.74) is -0.180. The molecule has 0 fully saturated rings. The highest BCUT2D eigenvalue weighted by Gasteiger charge is 2.20. The zero-order chi connectivity index (χ0) is 12.0. The minimum absolute atomic E-state index is 0.106. The van der Waals surface area contributed by atoms with Crippen molar-refractivity contribution in [2.45, 2.75) is 0 Å². The van der Waals surface area contributed by atoms with Crippen LogP contribution in [0.4, 0.5) is 7.77 Å². The van der Waals surface area contributed by atoms with Gasteiger partial charge < -0.3 is 13.1 Å². The third kappa shape index (κ3) is 2.92. The molecule has 0 atom stereocenters. The lowest BCUT2D eigenvalue weighted by Gasteiger charge is -2.09. The molecule has 1 rings (SSSR count). The molecule has 4 nitrogen and oxygen atoms in total. The van der Waals surface area contributed by atoms with Crippen LogP contribution in [0.25, 0.3) is 0 Å². The Bertz CT molecular complexity index is 351. The number of esters is 1. The molecule has 0 aliphatic heterocycles. The van der Waals surface area contributed by atoms with Gasteiger partial charge in [0.25, 0.3) is 24.9 Å². The van der Waals surface area contributed by atoms with E-state index in [-0.39, 0.29) is 17.1 Å². The molecule has 0 aliphatic rings. The molecule has 0 aromatic heterocycles. The fourth-order valence-electron chi connectivity index (χ4n) is 1.02. The molecular weight excluding hydrogens is 262 g/mol. The Morgan fingerprint density at radius 3 is 2.06 bits per heavy atom. The van der Waals surface area contributed by atoms with Crippen LogP contribution in [0.3, 0.4) is 0 Å². The highest BCUT2D eigenvalue weighted by atomic mass is 32.2. The number of ether oxygens (including phenoxy) is 1. The van der Waals surface area contributed by atoms with E-state index < -0.39 is 30.8 Å². The summed E-state index contributed by atoms with van der Waals surface area (Å²) in [5.74, 6) is -1.02. The Morgan fingerprint density at radius 2 is 1.69 bits per heavy atom. The third-order valence-electron chi connectivity index (χ3n) is 1.62. The Morgan fingerprint density at radius 1 is 1.19 bits per heavy atom.